The average Bonchev–Trinajstić information content (AvgIpc) is 2.19. The topological polar surface area (TPSA) is 64.3 Å². The molecule has 18 heavy (non-hydrogen) atoms. The quantitative estimate of drug-likeness (QED) is 0.805. The normalized spacial score (nSPS) is 22.3. The van der Waals surface area contributed by atoms with E-state index < -0.39 is 23.2 Å². The molecule has 0 aromatic heterocycles. The summed E-state index contributed by atoms with van der Waals surface area (Å²) < 4.78 is 31.3. The van der Waals surface area contributed by atoms with Crippen molar-refractivity contribution < 1.29 is 18.3 Å². The Kier molecular flexibility index (Phi) is 4.20. The standard InChI is InChI=1S/C12H22F2N2O2/c1-10(2,3)18-9(17)16-11(8-15)4-6-12(13,14)7-5-11/h4-8,15H2,1-3H3,(H,16,17). The maximum atomic E-state index is 13.1. The molecule has 0 saturated heterocycles. The van der Waals surface area contributed by atoms with E-state index in [1.807, 2.05) is 0 Å². The second-order valence-corrected chi connectivity index (χ2v) is 5.97. The van der Waals surface area contributed by atoms with Crippen LogP contribution < -0.4 is 11.1 Å². The highest BCUT2D eigenvalue weighted by atomic mass is 19.3. The van der Waals surface area contributed by atoms with E-state index in [2.05, 4.69) is 5.32 Å². The molecule has 0 atom stereocenters. The van der Waals surface area contributed by atoms with Crippen molar-refractivity contribution in [2.75, 3.05) is 6.54 Å². The van der Waals surface area contributed by atoms with Gasteiger partial charge in [0, 0.05) is 19.4 Å². The van der Waals surface area contributed by atoms with Crippen LogP contribution in [0.4, 0.5) is 13.6 Å². The van der Waals surface area contributed by atoms with Crippen LogP contribution in [0.2, 0.25) is 0 Å². The molecule has 0 aromatic carbocycles. The molecule has 0 radical (unpaired) electrons. The molecule has 1 rings (SSSR count). The lowest BCUT2D eigenvalue weighted by atomic mass is 9.80. The Bertz CT molecular complexity index is 304. The third kappa shape index (κ3) is 4.40. The zero-order valence-electron chi connectivity index (χ0n) is 11.2. The van der Waals surface area contributed by atoms with Crippen molar-refractivity contribution in [2.45, 2.75) is 63.5 Å². The highest BCUT2D eigenvalue weighted by Gasteiger charge is 2.44. The van der Waals surface area contributed by atoms with Gasteiger partial charge in [0.05, 0.1) is 5.54 Å². The molecule has 1 aliphatic carbocycles. The zero-order valence-corrected chi connectivity index (χ0v) is 11.2. The van der Waals surface area contributed by atoms with Crippen LogP contribution >= 0.6 is 0 Å². The second kappa shape index (κ2) is 4.99. The van der Waals surface area contributed by atoms with Gasteiger partial charge in [0.25, 0.3) is 0 Å². The molecule has 0 aliphatic heterocycles. The number of rotatable bonds is 2. The fourth-order valence-electron chi connectivity index (χ4n) is 1.99. The summed E-state index contributed by atoms with van der Waals surface area (Å²) in [5.74, 6) is -2.64. The SMILES string of the molecule is CC(C)(C)OC(=O)NC1(CN)CCC(F)(F)CC1. The van der Waals surface area contributed by atoms with E-state index in [-0.39, 0.29) is 32.2 Å². The number of nitrogens with two attached hydrogens (primary N) is 1. The van der Waals surface area contributed by atoms with E-state index in [9.17, 15) is 13.6 Å². The first-order valence-corrected chi connectivity index (χ1v) is 6.17. The predicted octanol–water partition coefficient (Wildman–Crippen LogP) is 2.42. The van der Waals surface area contributed by atoms with Crippen molar-refractivity contribution >= 4 is 6.09 Å². The van der Waals surface area contributed by atoms with Crippen molar-refractivity contribution in [3.8, 4) is 0 Å². The molecule has 0 spiro atoms. The van der Waals surface area contributed by atoms with Gasteiger partial charge in [-0.05, 0) is 33.6 Å². The van der Waals surface area contributed by atoms with E-state index in [0.717, 1.165) is 0 Å². The van der Waals surface area contributed by atoms with E-state index in [0.29, 0.717) is 0 Å². The first-order chi connectivity index (χ1) is 8.08. The Morgan fingerprint density at radius 1 is 1.28 bits per heavy atom. The summed E-state index contributed by atoms with van der Waals surface area (Å²) in [6.45, 7) is 5.38. The van der Waals surface area contributed by atoms with Gasteiger partial charge in [-0.25, -0.2) is 13.6 Å². The molecule has 1 amide bonds. The Morgan fingerprint density at radius 3 is 2.17 bits per heavy atom. The molecular weight excluding hydrogens is 242 g/mol. The number of carbonyl (C=O) groups excluding carboxylic acids is 1. The number of amides is 1. The first-order valence-electron chi connectivity index (χ1n) is 6.17. The molecule has 4 nitrogen and oxygen atoms in total. The summed E-state index contributed by atoms with van der Waals surface area (Å²) >= 11 is 0. The highest BCUT2D eigenvalue weighted by molar-refractivity contribution is 5.68. The molecule has 1 fully saturated rings. The minimum Gasteiger partial charge on any atom is -0.444 e. The zero-order chi connectivity index (χ0) is 14.0. The predicted molar refractivity (Wildman–Crippen MR) is 64.6 cm³/mol. The number of carbonyl (C=O) groups is 1. The summed E-state index contributed by atoms with van der Waals surface area (Å²) in [6, 6.07) is 0. The van der Waals surface area contributed by atoms with E-state index in [1.54, 1.807) is 20.8 Å². The molecular formula is C12H22F2N2O2. The number of ether oxygens (including phenoxy) is 1. The van der Waals surface area contributed by atoms with Crippen LogP contribution in [0.5, 0.6) is 0 Å². The summed E-state index contributed by atoms with van der Waals surface area (Å²) in [5.41, 5.74) is 4.25. The van der Waals surface area contributed by atoms with Gasteiger partial charge in [-0.2, -0.15) is 0 Å². The Labute approximate surface area is 106 Å². The number of hydrogen-bond donors (Lipinski definition) is 2. The number of alkyl carbamates (subject to hydrolysis) is 1. The van der Waals surface area contributed by atoms with Crippen LogP contribution in [0.3, 0.4) is 0 Å². The molecule has 1 saturated carbocycles. The van der Waals surface area contributed by atoms with Gasteiger partial charge in [0.2, 0.25) is 5.92 Å². The summed E-state index contributed by atoms with van der Waals surface area (Å²) in [5, 5.41) is 2.66. The van der Waals surface area contributed by atoms with Crippen molar-refractivity contribution in [2.24, 2.45) is 5.73 Å². The lowest BCUT2D eigenvalue weighted by Crippen LogP contribution is -2.57. The molecule has 0 unspecified atom stereocenters. The van der Waals surface area contributed by atoms with Gasteiger partial charge < -0.3 is 15.8 Å². The summed E-state index contributed by atoms with van der Waals surface area (Å²) in [7, 11) is 0. The average molecular weight is 264 g/mol. The third-order valence-electron chi connectivity index (χ3n) is 3.10. The van der Waals surface area contributed by atoms with Gasteiger partial charge in [-0.15, -0.1) is 0 Å². The summed E-state index contributed by atoms with van der Waals surface area (Å²) in [4.78, 5) is 11.7. The van der Waals surface area contributed by atoms with Crippen molar-refractivity contribution in [1.29, 1.82) is 0 Å². The lowest BCUT2D eigenvalue weighted by Gasteiger charge is -2.40. The molecule has 0 heterocycles. The Balaban J connectivity index is 2.60. The number of nitrogens with one attached hydrogen (secondary N) is 1. The van der Waals surface area contributed by atoms with Crippen molar-refractivity contribution in [3.63, 3.8) is 0 Å². The van der Waals surface area contributed by atoms with Gasteiger partial charge in [-0.1, -0.05) is 0 Å². The first kappa shape index (κ1) is 15.1. The monoisotopic (exact) mass is 264 g/mol. The largest absolute Gasteiger partial charge is 0.444 e. The van der Waals surface area contributed by atoms with Crippen molar-refractivity contribution in [3.05, 3.63) is 0 Å². The van der Waals surface area contributed by atoms with E-state index in [4.69, 9.17) is 10.5 Å². The number of hydrogen-bond acceptors (Lipinski definition) is 3. The van der Waals surface area contributed by atoms with Crippen LogP contribution in [0.25, 0.3) is 0 Å². The van der Waals surface area contributed by atoms with Gasteiger partial charge in [0.15, 0.2) is 0 Å². The molecule has 0 bridgehead atoms. The number of alkyl halides is 2. The maximum absolute atomic E-state index is 13.1. The van der Waals surface area contributed by atoms with Gasteiger partial charge in [0.1, 0.15) is 5.60 Å². The smallest absolute Gasteiger partial charge is 0.408 e. The van der Waals surface area contributed by atoms with Crippen LogP contribution in [-0.4, -0.2) is 29.7 Å². The van der Waals surface area contributed by atoms with E-state index >= 15 is 0 Å². The van der Waals surface area contributed by atoms with E-state index in [1.165, 1.54) is 0 Å². The summed E-state index contributed by atoms with van der Waals surface area (Å²) in [6.07, 6.45) is -0.746. The van der Waals surface area contributed by atoms with Crippen LogP contribution in [0.15, 0.2) is 0 Å². The molecule has 6 heteroatoms. The van der Waals surface area contributed by atoms with Crippen LogP contribution in [0, 0.1) is 0 Å². The highest BCUT2D eigenvalue weighted by Crippen LogP contribution is 2.38. The third-order valence-corrected chi connectivity index (χ3v) is 3.10. The molecule has 106 valence electrons. The minimum absolute atomic E-state index is 0.141. The van der Waals surface area contributed by atoms with Gasteiger partial charge >= 0.3 is 6.09 Å². The van der Waals surface area contributed by atoms with Crippen LogP contribution in [0.1, 0.15) is 46.5 Å². The lowest BCUT2D eigenvalue weighted by molar-refractivity contribution is -0.0557. The molecule has 0 aromatic rings. The minimum atomic E-state index is -2.64. The Morgan fingerprint density at radius 2 is 1.78 bits per heavy atom. The van der Waals surface area contributed by atoms with Crippen molar-refractivity contribution in [1.82, 2.24) is 5.32 Å². The maximum Gasteiger partial charge on any atom is 0.408 e. The van der Waals surface area contributed by atoms with Crippen LogP contribution in [-0.2, 0) is 4.74 Å². The molecule has 1 aliphatic rings. The Hall–Kier alpha value is -0.910. The second-order valence-electron chi connectivity index (χ2n) is 5.97. The molecule has 3 N–H and O–H groups in total. The fraction of sp³-hybridized carbons (Fsp3) is 0.917. The number of halogens is 2. The fourth-order valence-corrected chi connectivity index (χ4v) is 1.99. The van der Waals surface area contributed by atoms with Gasteiger partial charge in [-0.3, -0.25) is 0 Å².